The van der Waals surface area contributed by atoms with E-state index < -0.39 is 0 Å². The number of amides is 1. The van der Waals surface area contributed by atoms with Gasteiger partial charge in [0.25, 0.3) is 5.91 Å². The van der Waals surface area contributed by atoms with Crippen molar-refractivity contribution in [3.05, 3.63) is 57.0 Å². The summed E-state index contributed by atoms with van der Waals surface area (Å²) in [6, 6.07) is 5.81. The number of hydrogen-bond donors (Lipinski definition) is 2. The van der Waals surface area contributed by atoms with Crippen LogP contribution in [0.1, 0.15) is 55.5 Å². The van der Waals surface area contributed by atoms with Crippen molar-refractivity contribution in [3.63, 3.8) is 0 Å². The van der Waals surface area contributed by atoms with Crippen LogP contribution in [0.2, 0.25) is 5.02 Å². The molecule has 0 fully saturated rings. The monoisotopic (exact) mass is 463 g/mol. The van der Waals surface area contributed by atoms with Gasteiger partial charge in [-0.15, -0.1) is 11.8 Å². The van der Waals surface area contributed by atoms with Gasteiger partial charge in [-0.05, 0) is 108 Å². The van der Waals surface area contributed by atoms with Crippen LogP contribution in [0.4, 0.5) is 0 Å². The highest BCUT2D eigenvalue weighted by atomic mass is 35.5. The van der Waals surface area contributed by atoms with E-state index in [-0.39, 0.29) is 5.91 Å². The molecular formula is C25H38ClN3OS. The number of carbonyl (C=O) groups is 1. The highest BCUT2D eigenvalue weighted by Gasteiger charge is 2.13. The Morgan fingerprint density at radius 1 is 1.23 bits per heavy atom. The summed E-state index contributed by atoms with van der Waals surface area (Å²) in [7, 11) is 4.20. The normalized spacial score (nSPS) is 20.4. The number of benzene rings is 1. The number of carbonyl (C=O) groups excluding carboxylic acids is 1. The first-order chi connectivity index (χ1) is 14.8. The highest BCUT2D eigenvalue weighted by Crippen LogP contribution is 2.25. The minimum atomic E-state index is -0.0954. The van der Waals surface area contributed by atoms with E-state index in [1.165, 1.54) is 11.1 Å². The van der Waals surface area contributed by atoms with Crippen LogP contribution in [0.3, 0.4) is 0 Å². The summed E-state index contributed by atoms with van der Waals surface area (Å²) in [5, 5.41) is 9.75. The molecule has 0 bridgehead atoms. The molecule has 2 N–H and O–H groups in total. The van der Waals surface area contributed by atoms with Gasteiger partial charge >= 0.3 is 0 Å². The molecule has 4 nitrogen and oxygen atoms in total. The Morgan fingerprint density at radius 3 is 2.77 bits per heavy atom. The number of nitrogens with one attached hydrogen (secondary N) is 2. The standard InChI is InChI=1S/C25H38ClN3OS/c1-19-8-9-22(18-31-20(2)15-19)17-28-25(30)23-16-21(10-11-24(23)26)7-5-12-27-13-6-14-29(3)4/h10-11,15-16,18,20,27H,5-9,12-14,17H2,1-4H3,(H,28,30)/b19-15+,22-18+. The summed E-state index contributed by atoms with van der Waals surface area (Å²) >= 11 is 8.15. The molecule has 1 aliphatic heterocycles. The third kappa shape index (κ3) is 10.3. The van der Waals surface area contributed by atoms with Crippen molar-refractivity contribution in [1.29, 1.82) is 0 Å². The van der Waals surface area contributed by atoms with E-state index in [1.54, 1.807) is 0 Å². The Hall–Kier alpha value is -1.27. The first-order valence-electron chi connectivity index (χ1n) is 11.3. The summed E-state index contributed by atoms with van der Waals surface area (Å²) in [5.74, 6) is -0.0954. The van der Waals surface area contributed by atoms with Crippen molar-refractivity contribution in [3.8, 4) is 0 Å². The van der Waals surface area contributed by atoms with Gasteiger partial charge in [-0.3, -0.25) is 4.79 Å². The van der Waals surface area contributed by atoms with E-state index in [1.807, 2.05) is 30.0 Å². The van der Waals surface area contributed by atoms with Crippen LogP contribution in [0, 0.1) is 0 Å². The first kappa shape index (κ1) is 26.0. The number of hydrogen-bond acceptors (Lipinski definition) is 4. The summed E-state index contributed by atoms with van der Waals surface area (Å²) in [5.41, 5.74) is 4.41. The van der Waals surface area contributed by atoms with Gasteiger partial charge in [0.1, 0.15) is 0 Å². The molecule has 0 aromatic heterocycles. The lowest BCUT2D eigenvalue weighted by Gasteiger charge is -2.15. The Bertz CT molecular complexity index is 776. The molecular weight excluding hydrogens is 426 g/mol. The predicted octanol–water partition coefficient (Wildman–Crippen LogP) is 5.29. The summed E-state index contributed by atoms with van der Waals surface area (Å²) in [6.45, 7) is 8.08. The maximum atomic E-state index is 12.8. The lowest BCUT2D eigenvalue weighted by molar-refractivity contribution is 0.0957. The Labute approximate surface area is 197 Å². The lowest BCUT2D eigenvalue weighted by atomic mass is 10.0. The maximum absolute atomic E-state index is 12.8. The maximum Gasteiger partial charge on any atom is 0.253 e. The average molecular weight is 464 g/mol. The summed E-state index contributed by atoms with van der Waals surface area (Å²) < 4.78 is 0. The van der Waals surface area contributed by atoms with Crippen LogP contribution in [0.15, 0.2) is 40.8 Å². The second-order valence-corrected chi connectivity index (χ2v) is 10.3. The predicted molar refractivity (Wildman–Crippen MR) is 136 cm³/mol. The molecule has 0 saturated heterocycles. The smallest absolute Gasteiger partial charge is 0.253 e. The molecule has 2 rings (SSSR count). The largest absolute Gasteiger partial charge is 0.348 e. The number of thioether (sulfide) groups is 1. The molecule has 1 aromatic carbocycles. The molecule has 1 aromatic rings. The van der Waals surface area contributed by atoms with Crippen LogP contribution in [0.25, 0.3) is 0 Å². The van der Waals surface area contributed by atoms with Crippen molar-refractivity contribution in [2.45, 2.75) is 51.2 Å². The molecule has 0 aliphatic carbocycles. The van der Waals surface area contributed by atoms with E-state index >= 15 is 0 Å². The molecule has 31 heavy (non-hydrogen) atoms. The second-order valence-electron chi connectivity index (χ2n) is 8.64. The van der Waals surface area contributed by atoms with Gasteiger partial charge in [0, 0.05) is 11.8 Å². The average Bonchev–Trinajstić information content (AvgIpc) is 2.71. The van der Waals surface area contributed by atoms with Crippen molar-refractivity contribution >= 4 is 29.3 Å². The number of allylic oxidation sites excluding steroid dienone is 1. The van der Waals surface area contributed by atoms with Gasteiger partial charge in [0.05, 0.1) is 10.6 Å². The summed E-state index contributed by atoms with van der Waals surface area (Å²) in [6.07, 6.45) is 7.48. The molecule has 0 spiro atoms. The molecule has 0 radical (unpaired) electrons. The van der Waals surface area contributed by atoms with Crippen LogP contribution in [-0.4, -0.2) is 56.3 Å². The molecule has 6 heteroatoms. The SMILES string of the molecule is C/C1=C\C(C)S/C=C(/CNC(=O)c2cc(CCCNCCCN(C)C)ccc2Cl)CC1. The third-order valence-electron chi connectivity index (χ3n) is 5.34. The molecule has 1 unspecified atom stereocenters. The molecule has 172 valence electrons. The number of nitrogens with zero attached hydrogens (tertiary/aromatic N) is 1. The number of rotatable bonds is 11. The van der Waals surface area contributed by atoms with Gasteiger partial charge in [-0.25, -0.2) is 0 Å². The molecule has 1 aliphatic rings. The number of halogens is 1. The lowest BCUT2D eigenvalue weighted by Crippen LogP contribution is -2.26. The first-order valence-corrected chi connectivity index (χ1v) is 12.6. The van der Waals surface area contributed by atoms with Gasteiger partial charge < -0.3 is 15.5 Å². The van der Waals surface area contributed by atoms with Crippen LogP contribution < -0.4 is 10.6 Å². The second kappa shape index (κ2) is 14.0. The zero-order valence-corrected chi connectivity index (χ0v) is 21.0. The third-order valence-corrected chi connectivity index (χ3v) is 6.70. The van der Waals surface area contributed by atoms with Gasteiger partial charge in [-0.1, -0.05) is 29.3 Å². The molecule has 1 heterocycles. The van der Waals surface area contributed by atoms with E-state index in [0.29, 0.717) is 22.4 Å². The van der Waals surface area contributed by atoms with Crippen molar-refractivity contribution in [2.24, 2.45) is 0 Å². The van der Waals surface area contributed by atoms with Crippen LogP contribution in [-0.2, 0) is 6.42 Å². The van der Waals surface area contributed by atoms with Crippen LogP contribution in [0.5, 0.6) is 0 Å². The van der Waals surface area contributed by atoms with E-state index in [2.05, 4.69) is 55.0 Å². The van der Waals surface area contributed by atoms with Gasteiger partial charge in [0.2, 0.25) is 0 Å². The molecule has 0 saturated carbocycles. The van der Waals surface area contributed by atoms with E-state index in [9.17, 15) is 4.79 Å². The van der Waals surface area contributed by atoms with Crippen LogP contribution >= 0.6 is 23.4 Å². The van der Waals surface area contributed by atoms with Gasteiger partial charge in [-0.2, -0.15) is 0 Å². The fourth-order valence-corrected chi connectivity index (χ4v) is 4.65. The Kier molecular flexibility index (Phi) is 11.7. The Morgan fingerprint density at radius 2 is 2.00 bits per heavy atom. The molecule has 1 amide bonds. The topological polar surface area (TPSA) is 44.4 Å². The fourth-order valence-electron chi connectivity index (χ4n) is 3.53. The zero-order chi connectivity index (χ0) is 22.6. The zero-order valence-electron chi connectivity index (χ0n) is 19.5. The van der Waals surface area contributed by atoms with Crippen molar-refractivity contribution in [1.82, 2.24) is 15.5 Å². The van der Waals surface area contributed by atoms with E-state index in [4.69, 9.17) is 11.6 Å². The molecule has 1 atom stereocenters. The quantitative estimate of drug-likeness (QED) is 0.345. The number of aryl methyl sites for hydroxylation is 1. The minimum absolute atomic E-state index is 0.0954. The highest BCUT2D eigenvalue weighted by molar-refractivity contribution is 8.02. The Balaban J connectivity index is 1.81. The fraction of sp³-hybridized carbons (Fsp3) is 0.560. The van der Waals surface area contributed by atoms with Gasteiger partial charge in [0.15, 0.2) is 0 Å². The minimum Gasteiger partial charge on any atom is -0.348 e. The van der Waals surface area contributed by atoms with Crippen molar-refractivity contribution in [2.75, 3.05) is 40.3 Å². The van der Waals surface area contributed by atoms with E-state index in [0.717, 1.165) is 57.3 Å². The summed E-state index contributed by atoms with van der Waals surface area (Å²) in [4.78, 5) is 15.0. The van der Waals surface area contributed by atoms with Crippen molar-refractivity contribution < 1.29 is 4.79 Å².